The van der Waals surface area contributed by atoms with E-state index in [-0.39, 0.29) is 0 Å². The van der Waals surface area contributed by atoms with Crippen molar-refractivity contribution in [2.75, 3.05) is 13.9 Å². The summed E-state index contributed by atoms with van der Waals surface area (Å²) in [6.07, 6.45) is 11.2. The van der Waals surface area contributed by atoms with E-state index < -0.39 is 0 Å². The SMILES string of the molecule is COCOSC12CCCCC1CCCC2. The molecule has 0 amide bonds. The van der Waals surface area contributed by atoms with Gasteiger partial charge in [0.1, 0.15) is 0 Å². The predicted molar refractivity (Wildman–Crippen MR) is 63.7 cm³/mol. The van der Waals surface area contributed by atoms with Crippen molar-refractivity contribution < 1.29 is 8.92 Å². The van der Waals surface area contributed by atoms with Gasteiger partial charge in [0.2, 0.25) is 0 Å². The lowest BCUT2D eigenvalue weighted by Gasteiger charge is -2.46. The molecule has 2 aliphatic carbocycles. The fourth-order valence-electron chi connectivity index (χ4n) is 3.17. The zero-order chi connectivity index (χ0) is 10.6. The summed E-state index contributed by atoms with van der Waals surface area (Å²) in [5, 5.41) is 0. The second-order valence-corrected chi connectivity index (χ2v) is 6.08. The van der Waals surface area contributed by atoms with Gasteiger partial charge in [-0.1, -0.05) is 25.7 Å². The first-order chi connectivity index (χ1) is 7.37. The fourth-order valence-corrected chi connectivity index (χ4v) is 4.38. The molecule has 0 N–H and O–H groups in total. The highest BCUT2D eigenvalue weighted by Gasteiger charge is 2.43. The highest BCUT2D eigenvalue weighted by molar-refractivity contribution is 7.96. The summed E-state index contributed by atoms with van der Waals surface area (Å²) in [7, 11) is 1.69. The number of methoxy groups -OCH3 is 1. The summed E-state index contributed by atoms with van der Waals surface area (Å²) in [5.74, 6) is 0.904. The molecule has 0 heterocycles. The molecule has 3 heteroatoms. The second kappa shape index (κ2) is 5.55. The molecule has 0 aromatic rings. The van der Waals surface area contributed by atoms with Gasteiger partial charge in [-0.15, -0.1) is 0 Å². The predicted octanol–water partition coefficient (Wildman–Crippen LogP) is 3.76. The zero-order valence-electron chi connectivity index (χ0n) is 9.67. The topological polar surface area (TPSA) is 18.5 Å². The molecule has 0 spiro atoms. The summed E-state index contributed by atoms with van der Waals surface area (Å²) >= 11 is 1.73. The minimum atomic E-state index is 0.430. The van der Waals surface area contributed by atoms with Gasteiger partial charge in [-0.2, -0.15) is 0 Å². The van der Waals surface area contributed by atoms with Crippen LogP contribution >= 0.6 is 12.0 Å². The van der Waals surface area contributed by atoms with E-state index in [4.69, 9.17) is 8.92 Å². The van der Waals surface area contributed by atoms with Crippen LogP contribution in [0.5, 0.6) is 0 Å². The quantitative estimate of drug-likeness (QED) is 0.416. The van der Waals surface area contributed by atoms with Crippen LogP contribution in [0.25, 0.3) is 0 Å². The molecule has 2 nitrogen and oxygen atoms in total. The van der Waals surface area contributed by atoms with Gasteiger partial charge in [0.25, 0.3) is 0 Å². The van der Waals surface area contributed by atoms with Gasteiger partial charge in [0, 0.05) is 23.9 Å². The molecule has 0 aromatic heterocycles. The maximum atomic E-state index is 5.58. The Morgan fingerprint density at radius 2 is 1.80 bits per heavy atom. The van der Waals surface area contributed by atoms with Crippen molar-refractivity contribution >= 4 is 12.0 Å². The van der Waals surface area contributed by atoms with Gasteiger partial charge in [-0.25, -0.2) is 0 Å². The van der Waals surface area contributed by atoms with Crippen molar-refractivity contribution in [3.05, 3.63) is 0 Å². The first kappa shape index (κ1) is 11.7. The first-order valence-electron chi connectivity index (χ1n) is 6.17. The average Bonchev–Trinajstić information content (AvgIpc) is 2.29. The molecule has 2 fully saturated rings. The second-order valence-electron chi connectivity index (χ2n) is 4.86. The van der Waals surface area contributed by atoms with Gasteiger partial charge >= 0.3 is 0 Å². The lowest BCUT2D eigenvalue weighted by molar-refractivity contribution is 0.0613. The average molecular weight is 230 g/mol. The Balaban J connectivity index is 1.92. The van der Waals surface area contributed by atoms with Gasteiger partial charge in [0.05, 0.1) is 0 Å². The van der Waals surface area contributed by atoms with Crippen LogP contribution in [0.3, 0.4) is 0 Å². The van der Waals surface area contributed by atoms with E-state index >= 15 is 0 Å². The first-order valence-corrected chi connectivity index (χ1v) is 6.91. The Morgan fingerprint density at radius 3 is 2.40 bits per heavy atom. The van der Waals surface area contributed by atoms with Crippen LogP contribution in [0, 0.1) is 5.92 Å². The Morgan fingerprint density at radius 1 is 1.13 bits per heavy atom. The summed E-state index contributed by atoms with van der Waals surface area (Å²) in [6, 6.07) is 0. The molecule has 15 heavy (non-hydrogen) atoms. The Kier molecular flexibility index (Phi) is 4.35. The summed E-state index contributed by atoms with van der Waals surface area (Å²) < 4.78 is 11.0. The van der Waals surface area contributed by atoms with Crippen LogP contribution in [-0.2, 0) is 8.92 Å². The highest BCUT2D eigenvalue weighted by atomic mass is 32.2. The van der Waals surface area contributed by atoms with Gasteiger partial charge in [-0.05, 0) is 31.6 Å². The number of hydrogen-bond acceptors (Lipinski definition) is 3. The van der Waals surface area contributed by atoms with Crippen LogP contribution in [0.2, 0.25) is 0 Å². The molecule has 0 aromatic carbocycles. The lowest BCUT2D eigenvalue weighted by Crippen LogP contribution is -2.40. The highest BCUT2D eigenvalue weighted by Crippen LogP contribution is 2.52. The molecule has 88 valence electrons. The molecule has 0 radical (unpaired) electrons. The number of fused-ring (bicyclic) bond motifs is 1. The molecule has 0 saturated heterocycles. The third-order valence-electron chi connectivity index (χ3n) is 3.94. The van der Waals surface area contributed by atoms with Gasteiger partial charge in [0.15, 0.2) is 6.79 Å². The number of rotatable bonds is 4. The maximum Gasteiger partial charge on any atom is 0.159 e. The molecule has 2 saturated carbocycles. The van der Waals surface area contributed by atoms with Gasteiger partial charge in [-0.3, -0.25) is 4.18 Å². The van der Waals surface area contributed by atoms with Gasteiger partial charge < -0.3 is 4.74 Å². The third-order valence-corrected chi connectivity index (χ3v) is 5.23. The smallest absolute Gasteiger partial charge is 0.159 e. The minimum absolute atomic E-state index is 0.430. The lowest BCUT2D eigenvalue weighted by atomic mass is 9.70. The maximum absolute atomic E-state index is 5.58. The van der Waals surface area contributed by atoms with E-state index in [1.807, 2.05) is 0 Å². The number of ether oxygens (including phenoxy) is 1. The Hall–Kier alpha value is 0.270. The van der Waals surface area contributed by atoms with Crippen LogP contribution < -0.4 is 0 Å². The van der Waals surface area contributed by atoms with E-state index in [2.05, 4.69) is 0 Å². The van der Waals surface area contributed by atoms with Crippen LogP contribution in [0.1, 0.15) is 51.4 Å². The molecule has 2 aliphatic rings. The van der Waals surface area contributed by atoms with Crippen molar-refractivity contribution in [2.24, 2.45) is 5.92 Å². The fraction of sp³-hybridized carbons (Fsp3) is 1.00. The normalized spacial score (nSPS) is 36.2. The molecular formula is C12H22O2S. The number of hydrogen-bond donors (Lipinski definition) is 0. The molecule has 0 unspecified atom stereocenters. The van der Waals surface area contributed by atoms with Crippen molar-refractivity contribution in [3.8, 4) is 0 Å². The van der Waals surface area contributed by atoms with Crippen LogP contribution in [-0.4, -0.2) is 18.6 Å². The third kappa shape index (κ3) is 2.69. The Labute approximate surface area is 97.3 Å². The Bertz CT molecular complexity index is 184. The van der Waals surface area contributed by atoms with E-state index in [0.717, 1.165) is 5.92 Å². The molecule has 0 aliphatic heterocycles. The summed E-state index contributed by atoms with van der Waals surface area (Å²) in [4.78, 5) is 0. The molecule has 0 bridgehead atoms. The summed E-state index contributed by atoms with van der Waals surface area (Å²) in [6.45, 7) is 0.430. The molecule has 0 atom stereocenters. The van der Waals surface area contributed by atoms with Crippen molar-refractivity contribution in [1.82, 2.24) is 0 Å². The monoisotopic (exact) mass is 230 g/mol. The summed E-state index contributed by atoms with van der Waals surface area (Å²) in [5.41, 5.74) is 0. The zero-order valence-corrected chi connectivity index (χ0v) is 10.5. The van der Waals surface area contributed by atoms with E-state index in [1.54, 1.807) is 19.2 Å². The van der Waals surface area contributed by atoms with Crippen molar-refractivity contribution in [3.63, 3.8) is 0 Å². The standard InChI is InChI=1S/C12H22O2S/c1-13-10-14-15-12-8-4-2-6-11(12)7-3-5-9-12/h11H,2-10H2,1H3. The van der Waals surface area contributed by atoms with E-state index in [1.165, 1.54) is 51.4 Å². The van der Waals surface area contributed by atoms with Crippen molar-refractivity contribution in [2.45, 2.75) is 56.1 Å². The minimum Gasteiger partial charge on any atom is -0.358 e. The van der Waals surface area contributed by atoms with E-state index in [0.29, 0.717) is 11.5 Å². The van der Waals surface area contributed by atoms with Crippen LogP contribution in [0.4, 0.5) is 0 Å². The molecular weight excluding hydrogens is 208 g/mol. The van der Waals surface area contributed by atoms with E-state index in [9.17, 15) is 0 Å². The molecule has 2 rings (SSSR count). The van der Waals surface area contributed by atoms with Crippen LogP contribution in [0.15, 0.2) is 0 Å². The van der Waals surface area contributed by atoms with Crippen molar-refractivity contribution in [1.29, 1.82) is 0 Å². The largest absolute Gasteiger partial charge is 0.358 e.